The predicted molar refractivity (Wildman–Crippen MR) is 91.5 cm³/mol. The van der Waals surface area contributed by atoms with Gasteiger partial charge in [0.15, 0.2) is 0 Å². The van der Waals surface area contributed by atoms with E-state index in [0.717, 1.165) is 19.5 Å². The first-order valence-corrected chi connectivity index (χ1v) is 8.44. The first-order valence-electron chi connectivity index (χ1n) is 7.65. The highest BCUT2D eigenvalue weighted by Gasteiger charge is 2.36. The van der Waals surface area contributed by atoms with Crippen molar-refractivity contribution in [3.8, 4) is 0 Å². The van der Waals surface area contributed by atoms with Crippen molar-refractivity contribution in [2.24, 2.45) is 5.92 Å². The minimum atomic E-state index is 0.203. The van der Waals surface area contributed by atoms with Gasteiger partial charge in [-0.25, -0.2) is 0 Å². The number of aryl methyl sites for hydroxylation is 1. The van der Waals surface area contributed by atoms with Gasteiger partial charge < -0.3 is 10.2 Å². The largest absolute Gasteiger partial charge is 0.364 e. The number of hydrogen-bond donors (Lipinski definition) is 1. The molecule has 1 N–H and O–H groups in total. The number of rotatable bonds is 3. The minimum absolute atomic E-state index is 0.203. The summed E-state index contributed by atoms with van der Waals surface area (Å²) in [4.78, 5) is 2.60. The van der Waals surface area contributed by atoms with Gasteiger partial charge in [0, 0.05) is 29.1 Å². The van der Waals surface area contributed by atoms with Gasteiger partial charge in [-0.1, -0.05) is 32.9 Å². The molecule has 1 aliphatic heterocycles. The third-order valence-electron chi connectivity index (χ3n) is 4.69. The summed E-state index contributed by atoms with van der Waals surface area (Å²) in [6, 6.07) is 7.12. The molecule has 1 fully saturated rings. The van der Waals surface area contributed by atoms with E-state index in [0.29, 0.717) is 12.0 Å². The summed E-state index contributed by atoms with van der Waals surface area (Å²) in [6.45, 7) is 13.5. The predicted octanol–water partition coefficient (Wildman–Crippen LogP) is 4.36. The first kappa shape index (κ1) is 15.8. The van der Waals surface area contributed by atoms with E-state index in [1.165, 1.54) is 15.7 Å². The summed E-state index contributed by atoms with van der Waals surface area (Å²) in [5.41, 5.74) is 2.85. The normalized spacial score (nSPS) is 27.1. The topological polar surface area (TPSA) is 15.3 Å². The molecule has 0 aliphatic carbocycles. The third kappa shape index (κ3) is 3.04. The lowest BCUT2D eigenvalue weighted by atomic mass is 9.89. The second-order valence-electron chi connectivity index (χ2n) is 6.64. The fourth-order valence-electron chi connectivity index (χ4n) is 2.96. The van der Waals surface area contributed by atoms with E-state index in [-0.39, 0.29) is 5.54 Å². The highest BCUT2D eigenvalue weighted by atomic mass is 79.9. The molecule has 2 unspecified atom stereocenters. The van der Waals surface area contributed by atoms with Gasteiger partial charge in [0.2, 0.25) is 0 Å². The van der Waals surface area contributed by atoms with Gasteiger partial charge in [-0.2, -0.15) is 0 Å². The minimum Gasteiger partial charge on any atom is -0.364 e. The number of hydrogen-bond acceptors (Lipinski definition) is 2. The second-order valence-corrected chi connectivity index (χ2v) is 7.44. The van der Waals surface area contributed by atoms with Crippen LogP contribution in [0.4, 0.5) is 5.69 Å². The van der Waals surface area contributed by atoms with E-state index in [2.05, 4.69) is 79.0 Å². The van der Waals surface area contributed by atoms with Crippen LogP contribution in [0.3, 0.4) is 0 Å². The molecule has 1 aromatic carbocycles. The maximum Gasteiger partial charge on any atom is 0.0517 e. The summed E-state index contributed by atoms with van der Waals surface area (Å²) in [7, 11) is 0. The molecule has 0 spiro atoms. The Morgan fingerprint density at radius 1 is 1.45 bits per heavy atom. The molecule has 0 aromatic heterocycles. The van der Waals surface area contributed by atoms with Crippen LogP contribution in [0.15, 0.2) is 22.7 Å². The smallest absolute Gasteiger partial charge is 0.0517 e. The standard InChI is InChI=1S/C17H27BrN2/c1-6-17(5)11-20(15(10-19-17)12(2)3)14-9-7-8-13(4)16(14)18/h7-9,12,15,19H,6,10-11H2,1-5H3. The van der Waals surface area contributed by atoms with Crippen molar-refractivity contribution in [1.29, 1.82) is 0 Å². The van der Waals surface area contributed by atoms with Crippen molar-refractivity contribution in [2.75, 3.05) is 18.0 Å². The zero-order chi connectivity index (χ0) is 14.9. The van der Waals surface area contributed by atoms with Crippen LogP contribution in [0.2, 0.25) is 0 Å². The SMILES string of the molecule is CCC1(C)CN(c2cccc(C)c2Br)C(C(C)C)CN1. The summed E-state index contributed by atoms with van der Waals surface area (Å²) in [5, 5.41) is 3.75. The number of halogens is 1. The number of nitrogens with zero attached hydrogens (tertiary/aromatic N) is 1. The monoisotopic (exact) mass is 338 g/mol. The lowest BCUT2D eigenvalue weighted by Gasteiger charge is -2.49. The van der Waals surface area contributed by atoms with Crippen LogP contribution in [-0.4, -0.2) is 24.7 Å². The van der Waals surface area contributed by atoms with Gasteiger partial charge in [0.1, 0.15) is 0 Å². The summed E-state index contributed by atoms with van der Waals surface area (Å²) >= 11 is 3.79. The van der Waals surface area contributed by atoms with Gasteiger partial charge in [0.05, 0.1) is 5.69 Å². The van der Waals surface area contributed by atoms with Crippen LogP contribution in [0.1, 0.15) is 39.7 Å². The Morgan fingerprint density at radius 3 is 2.75 bits per heavy atom. The Kier molecular flexibility index (Phi) is 4.80. The Hall–Kier alpha value is -0.540. The zero-order valence-corrected chi connectivity index (χ0v) is 14.9. The lowest BCUT2D eigenvalue weighted by molar-refractivity contribution is 0.253. The van der Waals surface area contributed by atoms with E-state index in [9.17, 15) is 0 Å². The van der Waals surface area contributed by atoms with Crippen molar-refractivity contribution in [3.63, 3.8) is 0 Å². The maximum atomic E-state index is 3.79. The first-order chi connectivity index (χ1) is 9.38. The molecule has 20 heavy (non-hydrogen) atoms. The molecule has 0 bridgehead atoms. The Morgan fingerprint density at radius 2 is 2.15 bits per heavy atom. The highest BCUT2D eigenvalue weighted by Crippen LogP contribution is 2.35. The zero-order valence-electron chi connectivity index (χ0n) is 13.3. The molecule has 1 saturated heterocycles. The Labute approximate surface area is 132 Å². The molecule has 0 saturated carbocycles. The molecule has 0 radical (unpaired) electrons. The van der Waals surface area contributed by atoms with E-state index in [4.69, 9.17) is 0 Å². The van der Waals surface area contributed by atoms with E-state index < -0.39 is 0 Å². The van der Waals surface area contributed by atoms with Crippen LogP contribution >= 0.6 is 15.9 Å². The quantitative estimate of drug-likeness (QED) is 0.880. The number of nitrogens with one attached hydrogen (secondary N) is 1. The number of piperazine rings is 1. The summed E-state index contributed by atoms with van der Waals surface area (Å²) < 4.78 is 1.24. The molecule has 3 heteroatoms. The summed E-state index contributed by atoms with van der Waals surface area (Å²) in [6.07, 6.45) is 1.15. The van der Waals surface area contributed by atoms with Gasteiger partial charge >= 0.3 is 0 Å². The molecule has 112 valence electrons. The molecule has 1 aromatic rings. The third-order valence-corrected chi connectivity index (χ3v) is 5.72. The molecule has 2 nitrogen and oxygen atoms in total. The van der Waals surface area contributed by atoms with Crippen molar-refractivity contribution in [1.82, 2.24) is 5.32 Å². The number of benzene rings is 1. The van der Waals surface area contributed by atoms with Crippen LogP contribution in [0, 0.1) is 12.8 Å². The fraction of sp³-hybridized carbons (Fsp3) is 0.647. The average Bonchev–Trinajstić information content (AvgIpc) is 2.41. The van der Waals surface area contributed by atoms with Gasteiger partial charge in [-0.05, 0) is 53.7 Å². The van der Waals surface area contributed by atoms with Crippen molar-refractivity contribution in [2.45, 2.75) is 52.6 Å². The van der Waals surface area contributed by atoms with Crippen molar-refractivity contribution < 1.29 is 0 Å². The van der Waals surface area contributed by atoms with Gasteiger partial charge in [-0.15, -0.1) is 0 Å². The molecule has 2 atom stereocenters. The Balaban J connectivity index is 2.39. The van der Waals surface area contributed by atoms with Crippen LogP contribution in [-0.2, 0) is 0 Å². The van der Waals surface area contributed by atoms with E-state index >= 15 is 0 Å². The van der Waals surface area contributed by atoms with Crippen LogP contribution in [0.25, 0.3) is 0 Å². The van der Waals surface area contributed by atoms with Gasteiger partial charge in [-0.3, -0.25) is 0 Å². The van der Waals surface area contributed by atoms with Gasteiger partial charge in [0.25, 0.3) is 0 Å². The van der Waals surface area contributed by atoms with E-state index in [1.54, 1.807) is 0 Å². The van der Waals surface area contributed by atoms with Crippen molar-refractivity contribution >= 4 is 21.6 Å². The fourth-order valence-corrected chi connectivity index (χ4v) is 3.45. The van der Waals surface area contributed by atoms with Crippen LogP contribution < -0.4 is 10.2 Å². The molecule has 1 aliphatic rings. The molecular weight excluding hydrogens is 312 g/mol. The lowest BCUT2D eigenvalue weighted by Crippen LogP contribution is -2.64. The van der Waals surface area contributed by atoms with Crippen molar-refractivity contribution in [3.05, 3.63) is 28.2 Å². The molecular formula is C17H27BrN2. The Bertz CT molecular complexity index is 472. The van der Waals surface area contributed by atoms with E-state index in [1.807, 2.05) is 0 Å². The molecule has 1 heterocycles. The summed E-state index contributed by atoms with van der Waals surface area (Å²) in [5.74, 6) is 0.635. The molecule has 2 rings (SSSR count). The highest BCUT2D eigenvalue weighted by molar-refractivity contribution is 9.10. The van der Waals surface area contributed by atoms with Crippen LogP contribution in [0.5, 0.6) is 0 Å². The number of anilines is 1. The molecule has 0 amide bonds. The average molecular weight is 339 g/mol. The second kappa shape index (κ2) is 6.07. The maximum absolute atomic E-state index is 3.79.